The molecule has 1 unspecified atom stereocenters. The normalized spacial score (nSPS) is 12.2. The Kier molecular flexibility index (Phi) is 9.30. The van der Waals surface area contributed by atoms with E-state index in [0.29, 0.717) is 21.6 Å². The van der Waals surface area contributed by atoms with Gasteiger partial charge in [-0.2, -0.15) is 0 Å². The van der Waals surface area contributed by atoms with Gasteiger partial charge in [-0.1, -0.05) is 53.0 Å². The Bertz CT molecular complexity index is 946. The number of hydrogen-bond donors (Lipinski definition) is 2. The molecule has 1 aromatic heterocycles. The van der Waals surface area contributed by atoms with Crippen molar-refractivity contribution in [3.8, 4) is 0 Å². The predicted octanol–water partition coefficient (Wildman–Crippen LogP) is 6.61. The fourth-order valence-electron chi connectivity index (χ4n) is 2.92. The lowest BCUT2D eigenvalue weighted by atomic mass is 9.87. The Morgan fingerprint density at radius 3 is 2.50 bits per heavy atom. The molecule has 0 aliphatic carbocycles. The van der Waals surface area contributed by atoms with Gasteiger partial charge < -0.3 is 11.1 Å². The Morgan fingerprint density at radius 2 is 1.79 bits per heavy atom. The summed E-state index contributed by atoms with van der Waals surface area (Å²) in [7, 11) is 0. The highest BCUT2D eigenvalue weighted by molar-refractivity contribution is 6.42. The molecule has 2 aromatic carbocycles. The molecular weight excluding hydrogens is 460 g/mol. The lowest BCUT2D eigenvalue weighted by Crippen LogP contribution is -2.48. The van der Waals surface area contributed by atoms with E-state index in [4.69, 9.17) is 40.5 Å². The van der Waals surface area contributed by atoms with Crippen LogP contribution in [0.25, 0.3) is 10.9 Å². The number of aromatic nitrogens is 1. The number of nitrogens with one attached hydrogen (secondary N) is 1. The van der Waals surface area contributed by atoms with E-state index in [1.807, 2.05) is 36.4 Å². The molecule has 0 fully saturated rings. The van der Waals surface area contributed by atoms with E-state index in [-0.39, 0.29) is 36.4 Å². The number of fused-ring (bicyclic) bond motifs is 1. The molecule has 0 aliphatic heterocycles. The smallest absolute Gasteiger partial charge is 0.0720 e. The Labute approximate surface area is 192 Å². The van der Waals surface area contributed by atoms with Gasteiger partial charge >= 0.3 is 0 Å². The van der Waals surface area contributed by atoms with Crippen molar-refractivity contribution >= 4 is 70.5 Å². The predicted molar refractivity (Wildman–Crippen MR) is 126 cm³/mol. The molecule has 152 valence electrons. The van der Waals surface area contributed by atoms with E-state index in [9.17, 15) is 0 Å². The molecule has 28 heavy (non-hydrogen) atoms. The molecule has 0 amide bonds. The summed E-state index contributed by atoms with van der Waals surface area (Å²) in [5, 5.41) is 6.27. The summed E-state index contributed by atoms with van der Waals surface area (Å²) < 4.78 is 0. The average molecular weight is 482 g/mol. The van der Waals surface area contributed by atoms with Gasteiger partial charge in [-0.25, -0.2) is 0 Å². The van der Waals surface area contributed by atoms with Crippen LogP contribution in [-0.4, -0.2) is 10.5 Å². The molecule has 1 atom stereocenters. The topological polar surface area (TPSA) is 50.9 Å². The fourth-order valence-corrected chi connectivity index (χ4v) is 3.47. The Morgan fingerprint density at radius 1 is 1.07 bits per heavy atom. The Hall–Kier alpha value is -0.780. The molecule has 3 rings (SSSR count). The standard InChI is InChI=1S/C20H20Cl3N3.2ClH/c1-20(2,26-11-12-4-3-5-16(22)18(12)23)19(24)15-8-9-25-17-10-13(21)6-7-14(15)17;;/h3-10,19,26H,11,24H2,1-2H3;2*1H. The minimum atomic E-state index is -0.389. The molecule has 0 bridgehead atoms. The molecule has 0 spiro atoms. The summed E-state index contributed by atoms with van der Waals surface area (Å²) in [6.45, 7) is 4.70. The number of rotatable bonds is 5. The van der Waals surface area contributed by atoms with Crippen molar-refractivity contribution in [1.82, 2.24) is 10.3 Å². The van der Waals surface area contributed by atoms with Crippen LogP contribution >= 0.6 is 59.6 Å². The van der Waals surface area contributed by atoms with Crippen molar-refractivity contribution in [3.63, 3.8) is 0 Å². The molecule has 1 heterocycles. The maximum absolute atomic E-state index is 6.63. The monoisotopic (exact) mass is 479 g/mol. The SMILES string of the molecule is CC(C)(NCc1cccc(Cl)c1Cl)C(N)c1ccnc2cc(Cl)ccc12.Cl.Cl. The zero-order chi connectivity index (χ0) is 18.9. The van der Waals surface area contributed by atoms with Gasteiger partial charge in [0.05, 0.1) is 15.6 Å². The van der Waals surface area contributed by atoms with Crippen molar-refractivity contribution < 1.29 is 0 Å². The molecule has 3 nitrogen and oxygen atoms in total. The number of pyridine rings is 1. The number of benzene rings is 2. The molecule has 0 radical (unpaired) electrons. The van der Waals surface area contributed by atoms with Gasteiger partial charge in [0.25, 0.3) is 0 Å². The third kappa shape index (κ3) is 5.43. The summed E-state index contributed by atoms with van der Waals surface area (Å²) in [5.41, 5.74) is 9.02. The van der Waals surface area contributed by atoms with Gasteiger partial charge in [0.2, 0.25) is 0 Å². The van der Waals surface area contributed by atoms with E-state index in [0.717, 1.165) is 22.0 Å². The lowest BCUT2D eigenvalue weighted by molar-refractivity contribution is 0.322. The molecule has 0 saturated carbocycles. The van der Waals surface area contributed by atoms with Gasteiger partial charge in [0.1, 0.15) is 0 Å². The van der Waals surface area contributed by atoms with Crippen LogP contribution in [0.3, 0.4) is 0 Å². The van der Waals surface area contributed by atoms with Gasteiger partial charge in [0.15, 0.2) is 0 Å². The minimum absolute atomic E-state index is 0. The van der Waals surface area contributed by atoms with Crippen molar-refractivity contribution in [3.05, 3.63) is 74.9 Å². The third-order valence-electron chi connectivity index (χ3n) is 4.62. The van der Waals surface area contributed by atoms with Crippen LogP contribution < -0.4 is 11.1 Å². The first-order chi connectivity index (χ1) is 12.3. The highest BCUT2D eigenvalue weighted by Gasteiger charge is 2.28. The van der Waals surface area contributed by atoms with Crippen LogP contribution in [0.2, 0.25) is 15.1 Å². The minimum Gasteiger partial charge on any atom is -0.322 e. The van der Waals surface area contributed by atoms with Crippen molar-refractivity contribution in [1.29, 1.82) is 0 Å². The Balaban J connectivity index is 0.00000196. The zero-order valence-electron chi connectivity index (χ0n) is 15.4. The van der Waals surface area contributed by atoms with E-state index in [2.05, 4.69) is 24.1 Å². The maximum Gasteiger partial charge on any atom is 0.0720 e. The highest BCUT2D eigenvalue weighted by atomic mass is 35.5. The average Bonchev–Trinajstić information content (AvgIpc) is 2.61. The van der Waals surface area contributed by atoms with Crippen LogP contribution in [0.15, 0.2) is 48.7 Å². The maximum atomic E-state index is 6.63. The first-order valence-electron chi connectivity index (χ1n) is 8.27. The molecule has 3 aromatic rings. The van der Waals surface area contributed by atoms with Crippen molar-refractivity contribution in [2.75, 3.05) is 0 Å². The van der Waals surface area contributed by atoms with Crippen LogP contribution in [0, 0.1) is 0 Å². The van der Waals surface area contributed by atoms with E-state index in [1.54, 1.807) is 12.3 Å². The second kappa shape index (κ2) is 10.3. The molecule has 3 N–H and O–H groups in total. The second-order valence-corrected chi connectivity index (χ2v) is 8.05. The largest absolute Gasteiger partial charge is 0.322 e. The first-order valence-corrected chi connectivity index (χ1v) is 9.40. The number of nitrogens with zero attached hydrogens (tertiary/aromatic N) is 1. The summed E-state index contributed by atoms with van der Waals surface area (Å²) in [5.74, 6) is 0. The molecular formula is C20H22Cl5N3. The van der Waals surface area contributed by atoms with E-state index < -0.39 is 0 Å². The van der Waals surface area contributed by atoms with Crippen molar-refractivity contribution in [2.24, 2.45) is 5.73 Å². The van der Waals surface area contributed by atoms with Crippen molar-refractivity contribution in [2.45, 2.75) is 32.0 Å². The van der Waals surface area contributed by atoms with Gasteiger partial charge in [0, 0.05) is 34.7 Å². The van der Waals surface area contributed by atoms with Crippen LogP contribution in [-0.2, 0) is 6.54 Å². The molecule has 8 heteroatoms. The second-order valence-electron chi connectivity index (χ2n) is 6.83. The van der Waals surface area contributed by atoms with E-state index >= 15 is 0 Å². The number of nitrogens with two attached hydrogens (primary N) is 1. The highest BCUT2D eigenvalue weighted by Crippen LogP contribution is 2.31. The summed E-state index contributed by atoms with van der Waals surface area (Å²) in [6, 6.07) is 13.0. The quantitative estimate of drug-likeness (QED) is 0.431. The fraction of sp³-hybridized carbons (Fsp3) is 0.250. The summed E-state index contributed by atoms with van der Waals surface area (Å²) >= 11 is 18.5. The third-order valence-corrected chi connectivity index (χ3v) is 5.71. The van der Waals surface area contributed by atoms with Crippen LogP contribution in [0.1, 0.15) is 31.0 Å². The zero-order valence-corrected chi connectivity index (χ0v) is 19.3. The number of halogens is 5. The lowest BCUT2D eigenvalue weighted by Gasteiger charge is -2.34. The molecule has 0 aliphatic rings. The van der Waals surface area contributed by atoms with Gasteiger partial charge in [-0.05, 0) is 49.2 Å². The van der Waals surface area contributed by atoms with Crippen LogP contribution in [0.5, 0.6) is 0 Å². The van der Waals surface area contributed by atoms with E-state index in [1.165, 1.54) is 0 Å². The first kappa shape index (κ1) is 25.3. The van der Waals surface area contributed by atoms with Crippen LogP contribution in [0.4, 0.5) is 0 Å². The van der Waals surface area contributed by atoms with Gasteiger partial charge in [-0.15, -0.1) is 24.8 Å². The number of hydrogen-bond acceptors (Lipinski definition) is 3. The molecule has 0 saturated heterocycles. The van der Waals surface area contributed by atoms with Gasteiger partial charge in [-0.3, -0.25) is 4.98 Å². The summed E-state index contributed by atoms with van der Waals surface area (Å²) in [4.78, 5) is 4.39. The summed E-state index contributed by atoms with van der Waals surface area (Å²) in [6.07, 6.45) is 1.76.